The molecule has 1 amide bonds. The lowest BCUT2D eigenvalue weighted by atomic mass is 10.1. The lowest BCUT2D eigenvalue weighted by molar-refractivity contribution is -0.192. The van der Waals surface area contributed by atoms with Gasteiger partial charge in [0.15, 0.2) is 0 Å². The minimum absolute atomic E-state index is 0.100. The molecule has 0 aromatic heterocycles. The lowest BCUT2D eigenvalue weighted by Crippen LogP contribution is -2.47. The van der Waals surface area contributed by atoms with Crippen LogP contribution in [0.5, 0.6) is 5.75 Å². The van der Waals surface area contributed by atoms with E-state index in [0.29, 0.717) is 0 Å². The van der Waals surface area contributed by atoms with Crippen LogP contribution >= 0.6 is 15.9 Å². The molecule has 0 saturated carbocycles. The number of alkyl halides is 2. The predicted octanol–water partition coefficient (Wildman–Crippen LogP) is 2.03. The Hall–Kier alpha value is -1.21. The van der Waals surface area contributed by atoms with Crippen molar-refractivity contribution in [1.82, 2.24) is 5.43 Å². The van der Waals surface area contributed by atoms with Gasteiger partial charge in [-0.1, -0.05) is 15.9 Å². The molecule has 4 nitrogen and oxygen atoms in total. The molecule has 0 radical (unpaired) electrons. The Bertz CT molecular complexity index is 429. The molecule has 0 fully saturated rings. The Balaban J connectivity index is 3.00. The van der Waals surface area contributed by atoms with Gasteiger partial charge in [-0.05, 0) is 37.1 Å². The fraction of sp³-hybridized carbons (Fsp3) is 0.300. The molecule has 17 heavy (non-hydrogen) atoms. The SMILES string of the molecule is Cc1cc(OC(F)(F)C(=O)NN)cc(C)c1Br. The molecule has 94 valence electrons. The van der Waals surface area contributed by atoms with E-state index < -0.39 is 12.0 Å². The van der Waals surface area contributed by atoms with E-state index >= 15 is 0 Å². The van der Waals surface area contributed by atoms with E-state index in [1.165, 1.54) is 17.6 Å². The van der Waals surface area contributed by atoms with Crippen molar-refractivity contribution in [3.05, 3.63) is 27.7 Å². The minimum Gasteiger partial charge on any atom is -0.425 e. The van der Waals surface area contributed by atoms with Crippen molar-refractivity contribution < 1.29 is 18.3 Å². The van der Waals surface area contributed by atoms with Crippen LogP contribution in [-0.2, 0) is 4.79 Å². The first-order valence-corrected chi connectivity index (χ1v) is 5.42. The van der Waals surface area contributed by atoms with E-state index in [1.54, 1.807) is 13.8 Å². The van der Waals surface area contributed by atoms with Gasteiger partial charge < -0.3 is 4.74 Å². The average molecular weight is 309 g/mol. The highest BCUT2D eigenvalue weighted by Crippen LogP contribution is 2.29. The summed E-state index contributed by atoms with van der Waals surface area (Å²) in [6, 6.07) is 2.80. The molecule has 0 spiro atoms. The van der Waals surface area contributed by atoms with E-state index in [9.17, 15) is 13.6 Å². The van der Waals surface area contributed by atoms with Crippen molar-refractivity contribution in [3.63, 3.8) is 0 Å². The number of nitrogens with one attached hydrogen (secondary N) is 1. The van der Waals surface area contributed by atoms with Crippen LogP contribution in [0.1, 0.15) is 11.1 Å². The van der Waals surface area contributed by atoms with Crippen LogP contribution < -0.4 is 16.0 Å². The van der Waals surface area contributed by atoms with Crippen molar-refractivity contribution in [1.29, 1.82) is 0 Å². The molecule has 3 N–H and O–H groups in total. The number of carbonyl (C=O) groups is 1. The summed E-state index contributed by atoms with van der Waals surface area (Å²) in [5.41, 5.74) is 2.79. The second-order valence-corrected chi connectivity index (χ2v) is 4.26. The molecule has 0 saturated heterocycles. The second-order valence-electron chi connectivity index (χ2n) is 3.46. The van der Waals surface area contributed by atoms with Gasteiger partial charge in [-0.3, -0.25) is 10.2 Å². The molecule has 1 aromatic rings. The van der Waals surface area contributed by atoms with Crippen LogP contribution in [0.15, 0.2) is 16.6 Å². The Morgan fingerprint density at radius 1 is 1.41 bits per heavy atom. The number of nitrogens with two attached hydrogens (primary N) is 1. The molecule has 1 aromatic carbocycles. The number of halogens is 3. The monoisotopic (exact) mass is 308 g/mol. The van der Waals surface area contributed by atoms with E-state index in [2.05, 4.69) is 26.5 Å². The molecule has 0 heterocycles. The summed E-state index contributed by atoms with van der Waals surface area (Å²) >= 11 is 3.29. The standard InChI is InChI=1S/C10H11BrF2N2O2/c1-5-3-7(4-6(2)8(5)11)17-10(12,13)9(16)15-14/h3-4H,14H2,1-2H3,(H,15,16). The van der Waals surface area contributed by atoms with E-state index in [4.69, 9.17) is 0 Å². The fourth-order valence-corrected chi connectivity index (χ4v) is 1.47. The minimum atomic E-state index is -4.00. The zero-order chi connectivity index (χ0) is 13.2. The Labute approximate surface area is 105 Å². The van der Waals surface area contributed by atoms with Gasteiger partial charge in [0.1, 0.15) is 5.75 Å². The van der Waals surface area contributed by atoms with Crippen LogP contribution in [0, 0.1) is 13.8 Å². The molecule has 0 aliphatic rings. The van der Waals surface area contributed by atoms with Crippen LogP contribution in [0.4, 0.5) is 8.78 Å². The summed E-state index contributed by atoms with van der Waals surface area (Å²) in [6.07, 6.45) is -4.00. The van der Waals surface area contributed by atoms with Crippen LogP contribution in [-0.4, -0.2) is 12.0 Å². The topological polar surface area (TPSA) is 64.3 Å². The van der Waals surface area contributed by atoms with Crippen LogP contribution in [0.3, 0.4) is 0 Å². The average Bonchev–Trinajstić information content (AvgIpc) is 2.24. The number of hydrogen-bond acceptors (Lipinski definition) is 3. The van der Waals surface area contributed by atoms with Gasteiger partial charge in [-0.25, -0.2) is 5.84 Å². The largest absolute Gasteiger partial charge is 0.483 e. The maximum absolute atomic E-state index is 13.1. The molecule has 0 aliphatic heterocycles. The van der Waals surface area contributed by atoms with Crippen molar-refractivity contribution in [2.45, 2.75) is 20.0 Å². The third-order valence-corrected chi connectivity index (χ3v) is 3.30. The third kappa shape index (κ3) is 3.13. The van der Waals surface area contributed by atoms with Gasteiger partial charge in [-0.15, -0.1) is 0 Å². The lowest BCUT2D eigenvalue weighted by Gasteiger charge is -2.17. The maximum Gasteiger partial charge on any atom is 0.483 e. The van der Waals surface area contributed by atoms with Gasteiger partial charge in [0.25, 0.3) is 0 Å². The van der Waals surface area contributed by atoms with E-state index in [1.807, 2.05) is 0 Å². The first-order valence-electron chi connectivity index (χ1n) is 4.62. The number of aryl methyl sites for hydroxylation is 2. The summed E-state index contributed by atoms with van der Waals surface area (Å²) in [4.78, 5) is 10.8. The van der Waals surface area contributed by atoms with Gasteiger partial charge >= 0.3 is 12.0 Å². The number of ether oxygens (including phenoxy) is 1. The van der Waals surface area contributed by atoms with Crippen molar-refractivity contribution in [3.8, 4) is 5.75 Å². The van der Waals surface area contributed by atoms with Crippen molar-refractivity contribution >= 4 is 21.8 Å². The Kier molecular flexibility index (Phi) is 4.05. The number of hydrogen-bond donors (Lipinski definition) is 2. The first-order chi connectivity index (χ1) is 7.77. The quantitative estimate of drug-likeness (QED) is 0.510. The summed E-state index contributed by atoms with van der Waals surface area (Å²) < 4.78 is 31.4. The highest BCUT2D eigenvalue weighted by molar-refractivity contribution is 9.10. The predicted molar refractivity (Wildman–Crippen MR) is 61.5 cm³/mol. The van der Waals surface area contributed by atoms with E-state index in [0.717, 1.165) is 15.6 Å². The number of amides is 1. The van der Waals surface area contributed by atoms with Crippen molar-refractivity contribution in [2.75, 3.05) is 0 Å². The molecular weight excluding hydrogens is 298 g/mol. The third-order valence-electron chi connectivity index (χ3n) is 2.05. The summed E-state index contributed by atoms with van der Waals surface area (Å²) in [5.74, 6) is 2.83. The van der Waals surface area contributed by atoms with E-state index in [-0.39, 0.29) is 5.75 Å². The number of hydrazine groups is 1. The first kappa shape index (κ1) is 13.9. The van der Waals surface area contributed by atoms with Gasteiger partial charge in [0, 0.05) is 4.47 Å². The summed E-state index contributed by atoms with van der Waals surface area (Å²) in [7, 11) is 0. The molecule has 0 atom stereocenters. The smallest absolute Gasteiger partial charge is 0.425 e. The Morgan fingerprint density at radius 3 is 2.29 bits per heavy atom. The number of carbonyl (C=O) groups excluding carboxylic acids is 1. The fourth-order valence-electron chi connectivity index (χ4n) is 1.24. The van der Waals surface area contributed by atoms with Gasteiger partial charge in [0.2, 0.25) is 0 Å². The van der Waals surface area contributed by atoms with Gasteiger partial charge in [-0.2, -0.15) is 8.78 Å². The van der Waals surface area contributed by atoms with Crippen LogP contribution in [0.25, 0.3) is 0 Å². The zero-order valence-corrected chi connectivity index (χ0v) is 10.8. The molecular formula is C10H11BrF2N2O2. The maximum atomic E-state index is 13.1. The molecule has 1 rings (SSSR count). The molecule has 0 bridgehead atoms. The highest BCUT2D eigenvalue weighted by atomic mass is 79.9. The molecule has 0 unspecified atom stereocenters. The summed E-state index contributed by atoms with van der Waals surface area (Å²) in [5, 5.41) is 0. The van der Waals surface area contributed by atoms with Gasteiger partial charge in [0.05, 0.1) is 0 Å². The highest BCUT2D eigenvalue weighted by Gasteiger charge is 2.41. The van der Waals surface area contributed by atoms with Crippen molar-refractivity contribution in [2.24, 2.45) is 5.84 Å². The summed E-state index contributed by atoms with van der Waals surface area (Å²) in [6.45, 7) is 3.45. The second kappa shape index (κ2) is 4.97. The molecule has 7 heteroatoms. The Morgan fingerprint density at radius 2 is 1.88 bits per heavy atom. The normalized spacial score (nSPS) is 11.2. The van der Waals surface area contributed by atoms with Crippen LogP contribution in [0.2, 0.25) is 0 Å². The number of benzene rings is 1. The number of rotatable bonds is 3. The molecule has 0 aliphatic carbocycles. The zero-order valence-electron chi connectivity index (χ0n) is 9.18.